The Hall–Kier alpha value is -3.88. The zero-order valence-electron chi connectivity index (χ0n) is 25.3. The van der Waals surface area contributed by atoms with Crippen LogP contribution in [0, 0.1) is 0 Å². The van der Waals surface area contributed by atoms with Gasteiger partial charge in [-0.1, -0.05) is 103 Å². The fourth-order valence-corrected chi connectivity index (χ4v) is 7.41. The quantitative estimate of drug-likeness (QED) is 0.194. The number of aromatic nitrogens is 1. The van der Waals surface area contributed by atoms with Crippen molar-refractivity contribution < 1.29 is 8.42 Å². The van der Waals surface area contributed by atoms with E-state index in [9.17, 15) is 8.42 Å². The lowest BCUT2D eigenvalue weighted by Gasteiger charge is -2.20. The van der Waals surface area contributed by atoms with Gasteiger partial charge in [0.2, 0.25) is 10.0 Å². The second-order valence-electron chi connectivity index (χ2n) is 11.1. The van der Waals surface area contributed by atoms with Crippen molar-refractivity contribution in [1.82, 2.24) is 19.9 Å². The van der Waals surface area contributed by atoms with Crippen molar-refractivity contribution in [3.05, 3.63) is 144 Å². The van der Waals surface area contributed by atoms with Gasteiger partial charge < -0.3 is 10.6 Å². The van der Waals surface area contributed by atoms with Crippen LogP contribution in [0.15, 0.2) is 133 Å². The molecule has 0 spiro atoms. The monoisotopic (exact) mass is 606 g/mol. The third kappa shape index (κ3) is 8.18. The molecular weight excluding hydrogens is 565 g/mol. The van der Waals surface area contributed by atoms with Crippen molar-refractivity contribution in [1.29, 1.82) is 0 Å². The summed E-state index contributed by atoms with van der Waals surface area (Å²) in [4.78, 5) is 4.42. The van der Waals surface area contributed by atoms with Crippen molar-refractivity contribution in [2.45, 2.75) is 36.6 Å². The molecule has 228 valence electrons. The number of hydrogen-bond donors (Lipinski definition) is 2. The minimum Gasteiger partial charge on any atom is -0.315 e. The third-order valence-corrected chi connectivity index (χ3v) is 10.1. The molecule has 0 amide bonds. The summed E-state index contributed by atoms with van der Waals surface area (Å²) >= 11 is 0. The zero-order valence-corrected chi connectivity index (χ0v) is 26.2. The lowest BCUT2D eigenvalue weighted by molar-refractivity contribution is 0.432. The molecule has 0 bridgehead atoms. The molecule has 0 aliphatic carbocycles. The fourth-order valence-electron chi connectivity index (χ4n) is 5.72. The van der Waals surface area contributed by atoms with Crippen LogP contribution in [0.25, 0.3) is 10.8 Å². The molecule has 1 saturated heterocycles. The molecule has 6 rings (SSSR count). The molecule has 4 aromatic carbocycles. The molecule has 1 aromatic heterocycles. The van der Waals surface area contributed by atoms with Gasteiger partial charge in [0.1, 0.15) is 0 Å². The Morgan fingerprint density at radius 1 is 0.773 bits per heavy atom. The van der Waals surface area contributed by atoms with Gasteiger partial charge in [0.25, 0.3) is 0 Å². The van der Waals surface area contributed by atoms with Gasteiger partial charge in [0.05, 0.1) is 4.90 Å². The van der Waals surface area contributed by atoms with Crippen LogP contribution in [-0.2, 0) is 10.0 Å². The van der Waals surface area contributed by atoms with Crippen LogP contribution in [0.4, 0.5) is 0 Å². The van der Waals surface area contributed by atoms with Gasteiger partial charge in [-0.2, -0.15) is 4.31 Å². The summed E-state index contributed by atoms with van der Waals surface area (Å²) in [6.07, 6.45) is 5.25. The van der Waals surface area contributed by atoms with Gasteiger partial charge in [-0.15, -0.1) is 0 Å². The lowest BCUT2D eigenvalue weighted by Crippen LogP contribution is -2.34. The zero-order chi connectivity index (χ0) is 30.6. The van der Waals surface area contributed by atoms with Crippen LogP contribution in [0.5, 0.6) is 0 Å². The predicted octanol–water partition coefficient (Wildman–Crippen LogP) is 6.78. The van der Waals surface area contributed by atoms with E-state index in [1.54, 1.807) is 34.9 Å². The first-order chi connectivity index (χ1) is 21.5. The fraction of sp³-hybridized carbons (Fsp3) is 0.270. The Kier molecular flexibility index (Phi) is 11.3. The van der Waals surface area contributed by atoms with E-state index in [1.807, 2.05) is 6.07 Å². The SMILES string of the molecule is CC(NCCC(c1ccccc1)c1ccccc1)c1ccccc1.O=S(=O)(c1cccc2cnccc12)N1CCCNCC1. The third-order valence-electron chi connectivity index (χ3n) is 8.14. The van der Waals surface area contributed by atoms with E-state index >= 15 is 0 Å². The Morgan fingerprint density at radius 3 is 2.07 bits per heavy atom. The molecule has 0 saturated carbocycles. The van der Waals surface area contributed by atoms with Crippen LogP contribution in [0.3, 0.4) is 0 Å². The predicted molar refractivity (Wildman–Crippen MR) is 180 cm³/mol. The summed E-state index contributed by atoms with van der Waals surface area (Å²) in [5.74, 6) is 0.433. The van der Waals surface area contributed by atoms with Crippen LogP contribution in [0.2, 0.25) is 0 Å². The van der Waals surface area contributed by atoms with E-state index in [4.69, 9.17) is 0 Å². The number of rotatable bonds is 9. The van der Waals surface area contributed by atoms with E-state index in [0.717, 1.165) is 36.7 Å². The average molecular weight is 607 g/mol. The molecule has 5 aromatic rings. The van der Waals surface area contributed by atoms with Gasteiger partial charge in [-0.3, -0.25) is 4.98 Å². The highest BCUT2D eigenvalue weighted by Crippen LogP contribution is 2.28. The van der Waals surface area contributed by atoms with Crippen LogP contribution in [-0.4, -0.2) is 50.4 Å². The molecule has 2 heterocycles. The first-order valence-electron chi connectivity index (χ1n) is 15.5. The van der Waals surface area contributed by atoms with Gasteiger partial charge in [-0.05, 0) is 61.7 Å². The molecule has 2 N–H and O–H groups in total. The molecule has 1 aliphatic heterocycles. The van der Waals surface area contributed by atoms with E-state index in [2.05, 4.69) is 114 Å². The van der Waals surface area contributed by atoms with E-state index in [0.29, 0.717) is 36.5 Å². The summed E-state index contributed by atoms with van der Waals surface area (Å²) in [5, 5.41) is 8.48. The Labute approximate surface area is 262 Å². The van der Waals surface area contributed by atoms with E-state index in [-0.39, 0.29) is 0 Å². The first kappa shape index (κ1) is 31.5. The number of nitrogens with zero attached hydrogens (tertiary/aromatic N) is 2. The maximum absolute atomic E-state index is 12.8. The molecular formula is C37H42N4O2S. The highest BCUT2D eigenvalue weighted by molar-refractivity contribution is 7.89. The van der Waals surface area contributed by atoms with Gasteiger partial charge >= 0.3 is 0 Å². The number of hydrogen-bond acceptors (Lipinski definition) is 5. The highest BCUT2D eigenvalue weighted by atomic mass is 32.2. The molecule has 1 aliphatic rings. The molecule has 0 radical (unpaired) electrons. The molecule has 1 atom stereocenters. The van der Waals surface area contributed by atoms with Crippen LogP contribution in [0.1, 0.15) is 48.4 Å². The smallest absolute Gasteiger partial charge is 0.243 e. The summed E-state index contributed by atoms with van der Waals surface area (Å²) < 4.78 is 27.2. The van der Waals surface area contributed by atoms with E-state index < -0.39 is 10.0 Å². The average Bonchev–Trinajstić information content (AvgIpc) is 3.39. The molecule has 44 heavy (non-hydrogen) atoms. The normalized spacial score (nSPS) is 14.9. The lowest BCUT2D eigenvalue weighted by atomic mass is 9.88. The van der Waals surface area contributed by atoms with Crippen molar-refractivity contribution >= 4 is 20.8 Å². The highest BCUT2D eigenvalue weighted by Gasteiger charge is 2.26. The Balaban J connectivity index is 0.000000177. The van der Waals surface area contributed by atoms with E-state index in [1.165, 1.54) is 16.7 Å². The molecule has 1 fully saturated rings. The van der Waals surface area contributed by atoms with Crippen molar-refractivity contribution in [3.63, 3.8) is 0 Å². The molecule has 1 unspecified atom stereocenters. The number of benzene rings is 4. The second kappa shape index (κ2) is 15.7. The first-order valence-corrected chi connectivity index (χ1v) is 16.9. The number of nitrogens with one attached hydrogen (secondary N) is 2. The minimum atomic E-state index is -3.45. The van der Waals surface area contributed by atoms with Gasteiger partial charge in [0, 0.05) is 54.8 Å². The summed E-state index contributed by atoms with van der Waals surface area (Å²) in [6.45, 7) is 5.87. The number of sulfonamides is 1. The number of pyridine rings is 1. The van der Waals surface area contributed by atoms with Gasteiger partial charge in [0.15, 0.2) is 0 Å². The maximum atomic E-state index is 12.8. The molecule has 7 heteroatoms. The largest absolute Gasteiger partial charge is 0.315 e. The summed E-state index contributed by atoms with van der Waals surface area (Å²) in [7, 11) is -3.45. The van der Waals surface area contributed by atoms with Crippen molar-refractivity contribution in [3.8, 4) is 0 Å². The summed E-state index contributed by atoms with van der Waals surface area (Å²) in [5.41, 5.74) is 4.12. The topological polar surface area (TPSA) is 74.3 Å². The Bertz CT molecular complexity index is 1630. The molecule has 6 nitrogen and oxygen atoms in total. The minimum absolute atomic E-state index is 0.374. The number of fused-ring (bicyclic) bond motifs is 1. The van der Waals surface area contributed by atoms with Crippen molar-refractivity contribution in [2.24, 2.45) is 0 Å². The summed E-state index contributed by atoms with van der Waals surface area (Å²) in [6, 6.07) is 39.7. The van der Waals surface area contributed by atoms with Gasteiger partial charge in [-0.25, -0.2) is 8.42 Å². The van der Waals surface area contributed by atoms with Crippen molar-refractivity contribution in [2.75, 3.05) is 32.7 Å². The van der Waals surface area contributed by atoms with Crippen LogP contribution < -0.4 is 10.6 Å². The second-order valence-corrected chi connectivity index (χ2v) is 13.0. The van der Waals surface area contributed by atoms with Crippen LogP contribution >= 0.6 is 0 Å². The maximum Gasteiger partial charge on any atom is 0.243 e. The Morgan fingerprint density at radius 2 is 1.41 bits per heavy atom. The standard InChI is InChI=1S/C23H25N.C14H17N3O2S/c1-19(20-11-5-2-6-12-20)24-18-17-23(21-13-7-3-8-14-21)22-15-9-4-10-16-22;18-20(19,17-9-2-6-15-8-10-17)14-4-1-3-12-11-16-7-5-13(12)14/h2-16,19,23-24H,17-18H2,1H3;1,3-5,7,11,15H,2,6,8-10H2.